The van der Waals surface area contributed by atoms with Gasteiger partial charge >= 0.3 is 0 Å². The molecule has 88 valence electrons. The SMILES string of the molecule is CC(C)O.CC(C)c1ccccc1.OO. The molecule has 0 amide bonds. The summed E-state index contributed by atoms with van der Waals surface area (Å²) >= 11 is 0. The predicted octanol–water partition coefficient (Wildman–Crippen LogP) is 3.21. The van der Waals surface area contributed by atoms with Crippen molar-refractivity contribution in [2.24, 2.45) is 0 Å². The van der Waals surface area contributed by atoms with Gasteiger partial charge in [-0.1, -0.05) is 44.2 Å². The van der Waals surface area contributed by atoms with Crippen LogP contribution in [-0.2, 0) is 0 Å². The molecule has 0 aliphatic carbocycles. The van der Waals surface area contributed by atoms with E-state index < -0.39 is 0 Å². The maximum absolute atomic E-state index is 8.06. The second-order valence-electron chi connectivity index (χ2n) is 3.66. The summed E-state index contributed by atoms with van der Waals surface area (Å²) in [5, 5.41) is 20.1. The zero-order valence-electron chi connectivity index (χ0n) is 9.88. The van der Waals surface area contributed by atoms with Gasteiger partial charge in [-0.05, 0) is 25.3 Å². The fourth-order valence-electron chi connectivity index (χ4n) is 0.838. The first-order valence-electron chi connectivity index (χ1n) is 4.97. The Hall–Kier alpha value is -0.900. The summed E-state index contributed by atoms with van der Waals surface area (Å²) in [5.74, 6) is 0.659. The molecule has 3 nitrogen and oxygen atoms in total. The van der Waals surface area contributed by atoms with Crippen LogP contribution in [0.2, 0.25) is 0 Å². The average Bonchev–Trinajstić information content (AvgIpc) is 2.21. The van der Waals surface area contributed by atoms with E-state index in [1.165, 1.54) is 5.56 Å². The lowest BCUT2D eigenvalue weighted by atomic mass is 10.0. The lowest BCUT2D eigenvalue weighted by Gasteiger charge is -2.01. The number of benzene rings is 1. The van der Waals surface area contributed by atoms with E-state index in [4.69, 9.17) is 15.6 Å². The van der Waals surface area contributed by atoms with E-state index >= 15 is 0 Å². The molecule has 3 N–H and O–H groups in total. The third-order valence-corrected chi connectivity index (χ3v) is 1.47. The Morgan fingerprint density at radius 3 is 1.40 bits per heavy atom. The fraction of sp³-hybridized carbons (Fsp3) is 0.500. The Labute approximate surface area is 91.9 Å². The Balaban J connectivity index is 0. The fourth-order valence-corrected chi connectivity index (χ4v) is 0.838. The van der Waals surface area contributed by atoms with Gasteiger partial charge in [0.25, 0.3) is 0 Å². The van der Waals surface area contributed by atoms with Crippen LogP contribution in [0.1, 0.15) is 39.2 Å². The van der Waals surface area contributed by atoms with Gasteiger partial charge in [-0.2, -0.15) is 0 Å². The minimum atomic E-state index is -0.167. The normalized spacial score (nSPS) is 8.87. The van der Waals surface area contributed by atoms with Crippen LogP contribution in [0.3, 0.4) is 0 Å². The highest BCUT2D eigenvalue weighted by molar-refractivity contribution is 5.17. The van der Waals surface area contributed by atoms with Crippen LogP contribution in [0.5, 0.6) is 0 Å². The van der Waals surface area contributed by atoms with Gasteiger partial charge in [-0.25, -0.2) is 0 Å². The van der Waals surface area contributed by atoms with Gasteiger partial charge in [0.15, 0.2) is 0 Å². The smallest absolute Gasteiger partial charge is 0.0483 e. The van der Waals surface area contributed by atoms with Gasteiger partial charge in [0.05, 0.1) is 0 Å². The molecule has 0 aromatic heterocycles. The molecule has 15 heavy (non-hydrogen) atoms. The summed E-state index contributed by atoms with van der Waals surface area (Å²) < 4.78 is 0. The first-order valence-corrected chi connectivity index (χ1v) is 4.97. The number of aliphatic hydroxyl groups excluding tert-OH is 1. The molecular weight excluding hydrogens is 192 g/mol. The van der Waals surface area contributed by atoms with E-state index in [0.29, 0.717) is 5.92 Å². The van der Waals surface area contributed by atoms with Gasteiger partial charge < -0.3 is 5.11 Å². The number of hydrogen-bond donors (Lipinski definition) is 3. The van der Waals surface area contributed by atoms with Crippen molar-refractivity contribution in [2.75, 3.05) is 0 Å². The van der Waals surface area contributed by atoms with E-state index in [0.717, 1.165) is 0 Å². The Kier molecular flexibility index (Phi) is 12.3. The molecule has 1 rings (SSSR count). The first-order chi connectivity index (χ1) is 7.04. The van der Waals surface area contributed by atoms with Gasteiger partial charge in [0.1, 0.15) is 0 Å². The molecule has 3 heteroatoms. The van der Waals surface area contributed by atoms with Crippen molar-refractivity contribution >= 4 is 0 Å². The van der Waals surface area contributed by atoms with Crippen LogP contribution >= 0.6 is 0 Å². The summed E-state index contributed by atoms with van der Waals surface area (Å²) in [6.07, 6.45) is -0.167. The highest BCUT2D eigenvalue weighted by Gasteiger charge is 1.93. The van der Waals surface area contributed by atoms with Crippen molar-refractivity contribution in [3.8, 4) is 0 Å². The minimum Gasteiger partial charge on any atom is -0.394 e. The summed E-state index contributed by atoms with van der Waals surface area (Å²) in [5.41, 5.74) is 1.41. The largest absolute Gasteiger partial charge is 0.394 e. The van der Waals surface area contributed by atoms with Crippen LogP contribution in [0.15, 0.2) is 30.3 Å². The second kappa shape index (κ2) is 11.2. The molecule has 0 saturated carbocycles. The Morgan fingerprint density at radius 2 is 1.20 bits per heavy atom. The van der Waals surface area contributed by atoms with E-state index in [9.17, 15) is 0 Å². The molecule has 0 aliphatic heterocycles. The van der Waals surface area contributed by atoms with Crippen LogP contribution in [0.25, 0.3) is 0 Å². The van der Waals surface area contributed by atoms with Crippen LogP contribution in [-0.4, -0.2) is 21.7 Å². The van der Waals surface area contributed by atoms with E-state index in [2.05, 4.69) is 38.1 Å². The maximum Gasteiger partial charge on any atom is 0.0483 e. The Morgan fingerprint density at radius 1 is 0.867 bits per heavy atom. The lowest BCUT2D eigenvalue weighted by molar-refractivity contribution is -0.176. The molecular formula is C12H22O3. The minimum absolute atomic E-state index is 0.167. The molecule has 0 aliphatic rings. The number of hydrogen-bond acceptors (Lipinski definition) is 3. The lowest BCUT2D eigenvalue weighted by Crippen LogP contribution is -1.85. The summed E-state index contributed by atoms with van der Waals surface area (Å²) in [6, 6.07) is 10.5. The van der Waals surface area contributed by atoms with Crippen molar-refractivity contribution < 1.29 is 15.6 Å². The molecule has 1 aromatic carbocycles. The molecule has 1 aromatic rings. The topological polar surface area (TPSA) is 60.7 Å². The van der Waals surface area contributed by atoms with E-state index in [1.807, 2.05) is 6.07 Å². The third-order valence-electron chi connectivity index (χ3n) is 1.47. The van der Waals surface area contributed by atoms with Crippen molar-refractivity contribution in [2.45, 2.75) is 39.7 Å². The molecule has 0 atom stereocenters. The highest BCUT2D eigenvalue weighted by Crippen LogP contribution is 2.11. The van der Waals surface area contributed by atoms with Gasteiger partial charge in [-0.3, -0.25) is 10.5 Å². The highest BCUT2D eigenvalue weighted by atomic mass is 17.0. The zero-order valence-corrected chi connectivity index (χ0v) is 9.88. The van der Waals surface area contributed by atoms with Crippen molar-refractivity contribution in [1.82, 2.24) is 0 Å². The number of rotatable bonds is 1. The van der Waals surface area contributed by atoms with Gasteiger partial charge in [0, 0.05) is 6.10 Å². The summed E-state index contributed by atoms with van der Waals surface area (Å²) in [7, 11) is 0. The Bertz CT molecular complexity index is 205. The molecule has 0 unspecified atom stereocenters. The molecule has 0 heterocycles. The molecule has 0 bridgehead atoms. The van der Waals surface area contributed by atoms with Gasteiger partial charge in [0.2, 0.25) is 0 Å². The molecule has 0 fully saturated rings. The zero-order chi connectivity index (χ0) is 12.3. The first kappa shape index (κ1) is 16.5. The van der Waals surface area contributed by atoms with Crippen molar-refractivity contribution in [3.63, 3.8) is 0 Å². The predicted molar refractivity (Wildman–Crippen MR) is 63.1 cm³/mol. The quantitative estimate of drug-likeness (QED) is 0.497. The van der Waals surface area contributed by atoms with E-state index in [1.54, 1.807) is 13.8 Å². The van der Waals surface area contributed by atoms with Crippen LogP contribution < -0.4 is 0 Å². The molecule has 0 saturated heterocycles. The average molecular weight is 214 g/mol. The van der Waals surface area contributed by atoms with Crippen LogP contribution in [0.4, 0.5) is 0 Å². The summed E-state index contributed by atoms with van der Waals surface area (Å²) in [6.45, 7) is 7.85. The third kappa shape index (κ3) is 13.1. The van der Waals surface area contributed by atoms with Crippen LogP contribution in [0, 0.1) is 0 Å². The summed E-state index contributed by atoms with van der Waals surface area (Å²) in [4.78, 5) is 0. The second-order valence-corrected chi connectivity index (χ2v) is 3.66. The monoisotopic (exact) mass is 214 g/mol. The van der Waals surface area contributed by atoms with Crippen molar-refractivity contribution in [1.29, 1.82) is 0 Å². The molecule has 0 radical (unpaired) electrons. The number of aliphatic hydroxyl groups is 1. The standard InChI is InChI=1S/C9H12.C3H8O.H2O2/c1-8(2)9-6-4-3-5-7-9;1-3(2)4;1-2/h3-8H,1-2H3;3-4H,1-2H3;1-2H. The van der Waals surface area contributed by atoms with E-state index in [-0.39, 0.29) is 6.10 Å². The molecule has 0 spiro atoms. The maximum atomic E-state index is 8.06. The van der Waals surface area contributed by atoms with Gasteiger partial charge in [-0.15, -0.1) is 0 Å². The van der Waals surface area contributed by atoms with Crippen molar-refractivity contribution in [3.05, 3.63) is 35.9 Å².